The van der Waals surface area contributed by atoms with E-state index in [0.29, 0.717) is 22.4 Å². The number of fused-ring (bicyclic) bond motifs is 1. The summed E-state index contributed by atoms with van der Waals surface area (Å²) in [5.74, 6) is 0.690. The summed E-state index contributed by atoms with van der Waals surface area (Å²) in [5.41, 5.74) is 1.96. The van der Waals surface area contributed by atoms with Crippen molar-refractivity contribution in [2.45, 2.75) is 0 Å². The summed E-state index contributed by atoms with van der Waals surface area (Å²) < 4.78 is 2.42. The summed E-state index contributed by atoms with van der Waals surface area (Å²) in [6.07, 6.45) is 0. The van der Waals surface area contributed by atoms with E-state index in [-0.39, 0.29) is 11.3 Å². The number of halogens is 1. The zero-order valence-corrected chi connectivity index (χ0v) is 14.6. The van der Waals surface area contributed by atoms with E-state index < -0.39 is 0 Å². The fraction of sp³-hybridized carbons (Fsp3) is 0. The number of benzene rings is 3. The first-order valence-corrected chi connectivity index (χ1v) is 8.50. The van der Waals surface area contributed by atoms with Crippen molar-refractivity contribution in [2.24, 2.45) is 0 Å². The van der Waals surface area contributed by atoms with Gasteiger partial charge in [-0.15, -0.1) is 0 Å². The van der Waals surface area contributed by atoms with Gasteiger partial charge in [-0.1, -0.05) is 46.3 Å². The van der Waals surface area contributed by atoms with Crippen molar-refractivity contribution in [1.29, 1.82) is 0 Å². The standard InChI is InChI=1S/C20H13BrN2O2/c21-17-7-3-1-5-15(17)19-22-18-8-4-2-6-16(18)20(25)23(19)13-9-11-14(24)12-10-13/h1-12,24H. The number of hydrogen-bond donors (Lipinski definition) is 1. The Morgan fingerprint density at radius 1 is 0.880 bits per heavy atom. The van der Waals surface area contributed by atoms with Crippen molar-refractivity contribution in [3.63, 3.8) is 0 Å². The monoisotopic (exact) mass is 392 g/mol. The lowest BCUT2D eigenvalue weighted by molar-refractivity contribution is 0.475. The van der Waals surface area contributed by atoms with Crippen molar-refractivity contribution in [3.05, 3.63) is 87.6 Å². The highest BCUT2D eigenvalue weighted by Gasteiger charge is 2.16. The second kappa shape index (κ2) is 6.18. The molecule has 0 spiro atoms. The van der Waals surface area contributed by atoms with E-state index in [1.165, 1.54) is 0 Å². The van der Waals surface area contributed by atoms with Crippen molar-refractivity contribution >= 4 is 26.8 Å². The summed E-state index contributed by atoms with van der Waals surface area (Å²) in [5, 5.41) is 10.1. The number of rotatable bonds is 2. The Hall–Kier alpha value is -2.92. The number of hydrogen-bond acceptors (Lipinski definition) is 3. The van der Waals surface area contributed by atoms with E-state index in [1.54, 1.807) is 34.9 Å². The van der Waals surface area contributed by atoms with Crippen LogP contribution in [0, 0.1) is 0 Å². The first-order valence-electron chi connectivity index (χ1n) is 7.71. The molecule has 0 atom stereocenters. The first kappa shape index (κ1) is 15.6. The van der Waals surface area contributed by atoms with Crippen LogP contribution in [0.1, 0.15) is 0 Å². The molecule has 0 fully saturated rings. The minimum Gasteiger partial charge on any atom is -0.508 e. The minimum absolute atomic E-state index is 0.146. The Labute approximate surface area is 152 Å². The number of nitrogens with zero attached hydrogens (tertiary/aromatic N) is 2. The lowest BCUT2D eigenvalue weighted by Crippen LogP contribution is -2.22. The molecule has 4 aromatic rings. The highest BCUT2D eigenvalue weighted by Crippen LogP contribution is 2.29. The predicted octanol–water partition coefficient (Wildman–Crippen LogP) is 4.52. The van der Waals surface area contributed by atoms with Crippen LogP contribution in [0.25, 0.3) is 28.0 Å². The first-order chi connectivity index (χ1) is 12.1. The molecule has 5 heteroatoms. The maximum atomic E-state index is 13.2. The van der Waals surface area contributed by atoms with E-state index in [4.69, 9.17) is 4.98 Å². The minimum atomic E-state index is -0.151. The summed E-state index contributed by atoms with van der Waals surface area (Å²) in [4.78, 5) is 17.9. The summed E-state index contributed by atoms with van der Waals surface area (Å²) in [6.45, 7) is 0. The number of para-hydroxylation sites is 1. The van der Waals surface area contributed by atoms with Gasteiger partial charge < -0.3 is 5.11 Å². The van der Waals surface area contributed by atoms with Crippen LogP contribution in [-0.2, 0) is 0 Å². The molecule has 0 unspecified atom stereocenters. The summed E-state index contributed by atoms with van der Waals surface area (Å²) in [7, 11) is 0. The fourth-order valence-electron chi connectivity index (χ4n) is 2.80. The Bertz CT molecular complexity index is 1130. The molecule has 0 amide bonds. The van der Waals surface area contributed by atoms with E-state index in [2.05, 4.69) is 15.9 Å². The molecular formula is C20H13BrN2O2. The average Bonchev–Trinajstić information content (AvgIpc) is 2.63. The SMILES string of the molecule is O=c1c2ccccc2nc(-c2ccccc2Br)n1-c1ccc(O)cc1. The molecule has 4 nitrogen and oxygen atoms in total. The number of aromatic hydroxyl groups is 1. The van der Waals surface area contributed by atoms with Gasteiger partial charge >= 0.3 is 0 Å². The second-order valence-corrected chi connectivity index (χ2v) is 6.44. The van der Waals surface area contributed by atoms with Gasteiger partial charge in [0.15, 0.2) is 0 Å². The van der Waals surface area contributed by atoms with Crippen LogP contribution in [0.5, 0.6) is 5.75 Å². The van der Waals surface area contributed by atoms with Gasteiger partial charge in [-0.3, -0.25) is 9.36 Å². The molecule has 0 saturated heterocycles. The zero-order valence-electron chi connectivity index (χ0n) is 13.1. The maximum Gasteiger partial charge on any atom is 0.266 e. The van der Waals surface area contributed by atoms with Gasteiger partial charge in [-0.25, -0.2) is 4.98 Å². The molecule has 0 aliphatic carbocycles. The van der Waals surface area contributed by atoms with Crippen LogP contribution in [0.15, 0.2) is 82.1 Å². The largest absolute Gasteiger partial charge is 0.508 e. The van der Waals surface area contributed by atoms with Gasteiger partial charge in [-0.05, 0) is 42.5 Å². The molecular weight excluding hydrogens is 380 g/mol. The fourth-order valence-corrected chi connectivity index (χ4v) is 3.26. The Morgan fingerprint density at radius 2 is 1.56 bits per heavy atom. The number of phenolic OH excluding ortho intramolecular Hbond substituents is 1. The zero-order chi connectivity index (χ0) is 17.4. The molecule has 0 aliphatic rings. The smallest absolute Gasteiger partial charge is 0.266 e. The van der Waals surface area contributed by atoms with E-state index >= 15 is 0 Å². The Balaban J connectivity index is 2.13. The quantitative estimate of drug-likeness (QED) is 0.545. The van der Waals surface area contributed by atoms with Crippen molar-refractivity contribution in [1.82, 2.24) is 9.55 Å². The second-order valence-electron chi connectivity index (χ2n) is 5.59. The third kappa shape index (κ3) is 2.72. The van der Waals surface area contributed by atoms with Crippen molar-refractivity contribution in [3.8, 4) is 22.8 Å². The van der Waals surface area contributed by atoms with Gasteiger partial charge in [0.05, 0.1) is 16.6 Å². The third-order valence-corrected chi connectivity index (χ3v) is 4.69. The lowest BCUT2D eigenvalue weighted by atomic mass is 10.1. The number of aromatic nitrogens is 2. The van der Waals surface area contributed by atoms with Gasteiger partial charge in [0, 0.05) is 10.0 Å². The summed E-state index contributed by atoms with van der Waals surface area (Å²) in [6, 6.07) is 21.5. The summed E-state index contributed by atoms with van der Waals surface area (Å²) >= 11 is 3.54. The van der Waals surface area contributed by atoms with Crippen LogP contribution >= 0.6 is 15.9 Å². The molecule has 0 aliphatic heterocycles. The van der Waals surface area contributed by atoms with Gasteiger partial charge in [-0.2, -0.15) is 0 Å². The van der Waals surface area contributed by atoms with Crippen LogP contribution in [0.4, 0.5) is 0 Å². The van der Waals surface area contributed by atoms with E-state index in [1.807, 2.05) is 42.5 Å². The topological polar surface area (TPSA) is 55.1 Å². The molecule has 1 heterocycles. The van der Waals surface area contributed by atoms with Gasteiger partial charge in [0.1, 0.15) is 11.6 Å². The third-order valence-electron chi connectivity index (χ3n) is 4.00. The van der Waals surface area contributed by atoms with Crippen LogP contribution in [-0.4, -0.2) is 14.7 Å². The molecule has 4 rings (SSSR count). The highest BCUT2D eigenvalue weighted by molar-refractivity contribution is 9.10. The molecule has 0 bridgehead atoms. The molecule has 3 aromatic carbocycles. The predicted molar refractivity (Wildman–Crippen MR) is 102 cm³/mol. The van der Waals surface area contributed by atoms with E-state index in [9.17, 15) is 9.90 Å². The molecule has 1 N–H and O–H groups in total. The highest BCUT2D eigenvalue weighted by atomic mass is 79.9. The van der Waals surface area contributed by atoms with Crippen LogP contribution in [0.3, 0.4) is 0 Å². The number of phenols is 1. The van der Waals surface area contributed by atoms with Crippen molar-refractivity contribution < 1.29 is 5.11 Å². The molecule has 1 aromatic heterocycles. The van der Waals surface area contributed by atoms with Crippen molar-refractivity contribution in [2.75, 3.05) is 0 Å². The average molecular weight is 393 g/mol. The van der Waals surface area contributed by atoms with E-state index in [0.717, 1.165) is 10.0 Å². The lowest BCUT2D eigenvalue weighted by Gasteiger charge is -2.15. The molecule has 25 heavy (non-hydrogen) atoms. The molecule has 122 valence electrons. The van der Waals surface area contributed by atoms with Crippen LogP contribution in [0.2, 0.25) is 0 Å². The van der Waals surface area contributed by atoms with Gasteiger partial charge in [0.25, 0.3) is 5.56 Å². The Kier molecular flexibility index (Phi) is 3.86. The van der Waals surface area contributed by atoms with Gasteiger partial charge in [0.2, 0.25) is 0 Å². The van der Waals surface area contributed by atoms with Crippen LogP contribution < -0.4 is 5.56 Å². The Morgan fingerprint density at radius 3 is 2.32 bits per heavy atom. The molecule has 0 radical (unpaired) electrons. The maximum absolute atomic E-state index is 13.2. The molecule has 0 saturated carbocycles. The normalized spacial score (nSPS) is 10.9.